The van der Waals surface area contributed by atoms with Crippen molar-refractivity contribution in [2.75, 3.05) is 12.3 Å². The van der Waals surface area contributed by atoms with Gasteiger partial charge in [-0.05, 0) is 50.3 Å². The van der Waals surface area contributed by atoms with Gasteiger partial charge in [-0.25, -0.2) is 4.79 Å². The molecule has 0 bridgehead atoms. The van der Waals surface area contributed by atoms with Crippen molar-refractivity contribution in [3.8, 4) is 0 Å². The lowest BCUT2D eigenvalue weighted by molar-refractivity contribution is -0.0421. The molecule has 2 atom stereocenters. The van der Waals surface area contributed by atoms with E-state index in [9.17, 15) is 9.90 Å². The van der Waals surface area contributed by atoms with Crippen LogP contribution in [-0.2, 0) is 4.74 Å². The summed E-state index contributed by atoms with van der Waals surface area (Å²) < 4.78 is 5.61. The van der Waals surface area contributed by atoms with Crippen LogP contribution in [0.15, 0.2) is 24.3 Å². The molecule has 3 N–H and O–H groups in total. The molecule has 1 unspecified atom stereocenters. The van der Waals surface area contributed by atoms with Crippen molar-refractivity contribution in [2.24, 2.45) is 0 Å². The van der Waals surface area contributed by atoms with Crippen molar-refractivity contribution >= 4 is 11.8 Å². The molecule has 0 saturated carbocycles. The van der Waals surface area contributed by atoms with E-state index in [0.29, 0.717) is 12.5 Å². The average Bonchev–Trinajstić information content (AvgIpc) is 2.72. The second-order valence-corrected chi connectivity index (χ2v) is 6.21. The number of hydrogen-bond acceptors (Lipinski definition) is 3. The molecular weight excluding hydrogens is 268 g/mol. The van der Waals surface area contributed by atoms with Crippen LogP contribution >= 0.6 is 0 Å². The fourth-order valence-electron chi connectivity index (χ4n) is 2.92. The Kier molecular flexibility index (Phi) is 4.42. The van der Waals surface area contributed by atoms with Crippen molar-refractivity contribution in [2.45, 2.75) is 51.3 Å². The maximum atomic E-state index is 11.4. The smallest absolute Gasteiger partial charge is 0.409 e. The molecule has 0 aromatic heterocycles. The van der Waals surface area contributed by atoms with Crippen molar-refractivity contribution < 1.29 is 14.6 Å². The lowest BCUT2D eigenvalue weighted by atomic mass is 9.94. The molecule has 0 aliphatic carbocycles. The summed E-state index contributed by atoms with van der Waals surface area (Å²) in [6.07, 6.45) is 0.793. The summed E-state index contributed by atoms with van der Waals surface area (Å²) in [6.45, 7) is 6.21. The SMILES string of the molecule is CC(CC[C@H]1COC(C)(C)N1C(=O)O)c1ccc(N)cc1. The van der Waals surface area contributed by atoms with Crippen molar-refractivity contribution in [3.63, 3.8) is 0 Å². The number of anilines is 1. The maximum absolute atomic E-state index is 11.4. The van der Waals surface area contributed by atoms with Gasteiger partial charge in [0.05, 0.1) is 12.6 Å². The number of rotatable bonds is 4. The normalized spacial score (nSPS) is 22.2. The molecule has 2 rings (SSSR count). The van der Waals surface area contributed by atoms with E-state index in [1.54, 1.807) is 13.8 Å². The van der Waals surface area contributed by atoms with Gasteiger partial charge in [-0.3, -0.25) is 4.90 Å². The summed E-state index contributed by atoms with van der Waals surface area (Å²) in [4.78, 5) is 12.8. The number of nitrogens with two attached hydrogens (primary N) is 1. The monoisotopic (exact) mass is 292 g/mol. The molecule has 0 spiro atoms. The lowest BCUT2D eigenvalue weighted by Crippen LogP contribution is -2.47. The van der Waals surface area contributed by atoms with Gasteiger partial charge in [0, 0.05) is 5.69 Å². The third-order valence-corrected chi connectivity index (χ3v) is 4.22. The number of hydrogen-bond donors (Lipinski definition) is 2. The van der Waals surface area contributed by atoms with Crippen LogP contribution in [0.3, 0.4) is 0 Å². The summed E-state index contributed by atoms with van der Waals surface area (Å²) in [6, 6.07) is 7.79. The largest absolute Gasteiger partial charge is 0.465 e. The Balaban J connectivity index is 1.96. The first-order chi connectivity index (χ1) is 9.81. The molecule has 1 fully saturated rings. The summed E-state index contributed by atoms with van der Waals surface area (Å²) in [5, 5.41) is 9.36. The number of carbonyl (C=O) groups is 1. The highest BCUT2D eigenvalue weighted by Crippen LogP contribution is 2.31. The van der Waals surface area contributed by atoms with Gasteiger partial charge in [-0.1, -0.05) is 19.1 Å². The van der Waals surface area contributed by atoms with E-state index in [4.69, 9.17) is 10.5 Å². The Morgan fingerprint density at radius 3 is 2.67 bits per heavy atom. The lowest BCUT2D eigenvalue weighted by Gasteiger charge is -2.31. The highest BCUT2D eigenvalue weighted by molar-refractivity contribution is 5.66. The minimum absolute atomic E-state index is 0.0752. The first-order valence-corrected chi connectivity index (χ1v) is 7.33. The zero-order valence-electron chi connectivity index (χ0n) is 12.9. The van der Waals surface area contributed by atoms with Crippen LogP contribution < -0.4 is 5.73 Å². The number of benzene rings is 1. The van der Waals surface area contributed by atoms with Crippen molar-refractivity contribution in [1.29, 1.82) is 0 Å². The first-order valence-electron chi connectivity index (χ1n) is 7.33. The first kappa shape index (κ1) is 15.6. The standard InChI is InChI=1S/C16H24N2O3/c1-11(12-5-7-13(17)8-6-12)4-9-14-10-21-16(2,3)18(14)15(19)20/h5-8,11,14H,4,9-10,17H2,1-3H3,(H,19,20)/t11?,14-/m0/s1. The number of nitrogens with zero attached hydrogens (tertiary/aromatic N) is 1. The molecule has 1 aliphatic rings. The van der Waals surface area contributed by atoms with Crippen LogP contribution in [0.1, 0.15) is 45.1 Å². The van der Waals surface area contributed by atoms with Crippen LogP contribution in [0, 0.1) is 0 Å². The second kappa shape index (κ2) is 5.93. The maximum Gasteiger partial charge on any atom is 0.409 e. The molecule has 1 aromatic rings. The second-order valence-electron chi connectivity index (χ2n) is 6.21. The third-order valence-electron chi connectivity index (χ3n) is 4.22. The Bertz CT molecular complexity index is 499. The highest BCUT2D eigenvalue weighted by Gasteiger charge is 2.43. The van der Waals surface area contributed by atoms with Crippen LogP contribution in [0.25, 0.3) is 0 Å². The van der Waals surface area contributed by atoms with Crippen LogP contribution in [-0.4, -0.2) is 34.5 Å². The van der Waals surface area contributed by atoms with Gasteiger partial charge >= 0.3 is 6.09 Å². The van der Waals surface area contributed by atoms with Gasteiger partial charge in [0.15, 0.2) is 0 Å². The van der Waals surface area contributed by atoms with Crippen LogP contribution in [0.4, 0.5) is 10.5 Å². The number of nitrogen functional groups attached to an aromatic ring is 1. The van der Waals surface area contributed by atoms with E-state index < -0.39 is 11.8 Å². The van der Waals surface area contributed by atoms with Crippen molar-refractivity contribution in [1.82, 2.24) is 4.90 Å². The topological polar surface area (TPSA) is 75.8 Å². The van der Waals surface area contributed by atoms with Gasteiger partial charge in [0.2, 0.25) is 0 Å². The van der Waals surface area contributed by atoms with E-state index in [1.807, 2.05) is 24.3 Å². The van der Waals surface area contributed by atoms with E-state index in [1.165, 1.54) is 10.5 Å². The van der Waals surface area contributed by atoms with E-state index in [0.717, 1.165) is 18.5 Å². The van der Waals surface area contributed by atoms with Crippen LogP contribution in [0.5, 0.6) is 0 Å². The average molecular weight is 292 g/mol. The van der Waals surface area contributed by atoms with Crippen LogP contribution in [0.2, 0.25) is 0 Å². The number of ether oxygens (including phenoxy) is 1. The molecule has 5 heteroatoms. The highest BCUT2D eigenvalue weighted by atomic mass is 16.5. The number of carboxylic acid groups (broad SMARTS) is 1. The molecule has 1 amide bonds. The van der Waals surface area contributed by atoms with Gasteiger partial charge in [0.25, 0.3) is 0 Å². The zero-order valence-corrected chi connectivity index (χ0v) is 12.9. The van der Waals surface area contributed by atoms with Crippen molar-refractivity contribution in [3.05, 3.63) is 29.8 Å². The van der Waals surface area contributed by atoms with Gasteiger partial charge in [0.1, 0.15) is 5.72 Å². The van der Waals surface area contributed by atoms with E-state index >= 15 is 0 Å². The molecule has 5 nitrogen and oxygen atoms in total. The quantitative estimate of drug-likeness (QED) is 0.835. The molecular formula is C16H24N2O3. The molecule has 116 valence electrons. The Hall–Kier alpha value is -1.75. The Labute approximate surface area is 125 Å². The molecule has 0 radical (unpaired) electrons. The summed E-state index contributed by atoms with van der Waals surface area (Å²) in [7, 11) is 0. The fraction of sp³-hybridized carbons (Fsp3) is 0.562. The Morgan fingerprint density at radius 1 is 1.48 bits per heavy atom. The summed E-state index contributed by atoms with van der Waals surface area (Å²) >= 11 is 0. The summed E-state index contributed by atoms with van der Waals surface area (Å²) in [5.74, 6) is 0.366. The minimum atomic E-state index is -0.914. The number of amides is 1. The third kappa shape index (κ3) is 3.47. The predicted molar refractivity (Wildman–Crippen MR) is 82.2 cm³/mol. The zero-order chi connectivity index (χ0) is 15.6. The molecule has 1 saturated heterocycles. The summed E-state index contributed by atoms with van der Waals surface area (Å²) in [5.41, 5.74) is 6.94. The van der Waals surface area contributed by atoms with Gasteiger partial charge < -0.3 is 15.6 Å². The minimum Gasteiger partial charge on any atom is -0.465 e. The van der Waals surface area contributed by atoms with Gasteiger partial charge in [-0.2, -0.15) is 0 Å². The molecule has 1 heterocycles. The Morgan fingerprint density at radius 2 is 2.10 bits per heavy atom. The predicted octanol–water partition coefficient (Wildman–Crippen LogP) is 3.27. The molecule has 1 aliphatic heterocycles. The van der Waals surface area contributed by atoms with Gasteiger partial charge in [-0.15, -0.1) is 0 Å². The van der Waals surface area contributed by atoms with E-state index in [2.05, 4.69) is 6.92 Å². The molecule has 21 heavy (non-hydrogen) atoms. The fourth-order valence-corrected chi connectivity index (χ4v) is 2.92. The molecule has 1 aromatic carbocycles. The van der Waals surface area contributed by atoms with E-state index in [-0.39, 0.29) is 6.04 Å².